The predicted molar refractivity (Wildman–Crippen MR) is 190 cm³/mol. The Balaban J connectivity index is 1.47. The topological polar surface area (TPSA) is 13.1 Å². The van der Waals surface area contributed by atoms with E-state index in [9.17, 15) is 2.74 Å². The van der Waals surface area contributed by atoms with Crippen LogP contribution in [0, 0.1) is 0 Å². The van der Waals surface area contributed by atoms with Gasteiger partial charge in [0.1, 0.15) is 11.2 Å². The van der Waals surface area contributed by atoms with Crippen molar-refractivity contribution < 1.29 is 20.9 Å². The van der Waals surface area contributed by atoms with E-state index < -0.39 is 60.4 Å². The highest BCUT2D eigenvalue weighted by Gasteiger charge is 2.21. The van der Waals surface area contributed by atoms with Crippen LogP contribution < -0.4 is 0 Å². The summed E-state index contributed by atoms with van der Waals surface area (Å²) >= 11 is 0. The zero-order valence-electron chi connectivity index (χ0n) is 35.6. The van der Waals surface area contributed by atoms with Crippen LogP contribution in [0.15, 0.2) is 174 Å². The third kappa shape index (κ3) is 4.17. The van der Waals surface area contributed by atoms with Gasteiger partial charge < -0.3 is 4.42 Å². The van der Waals surface area contributed by atoms with Crippen molar-refractivity contribution in [3.8, 4) is 44.5 Å². The van der Waals surface area contributed by atoms with E-state index in [-0.39, 0.29) is 44.7 Å². The van der Waals surface area contributed by atoms with Gasteiger partial charge in [-0.2, -0.15) is 0 Å². The number of rotatable bonds is 4. The fourth-order valence-corrected chi connectivity index (χ4v) is 6.28. The molecule has 0 saturated carbocycles. The van der Waals surface area contributed by atoms with E-state index in [1.165, 1.54) is 0 Å². The molecule has 0 radical (unpaired) electrons. The average Bonchev–Trinajstić information content (AvgIpc) is 3.63. The minimum absolute atomic E-state index is 0.0353. The smallest absolute Gasteiger partial charge is 0.136 e. The van der Waals surface area contributed by atoms with Crippen molar-refractivity contribution in [2.75, 3.05) is 0 Å². The Morgan fingerprint density at radius 2 is 0.956 bits per heavy atom. The van der Waals surface area contributed by atoms with Crippen molar-refractivity contribution in [1.82, 2.24) is 0 Å². The minimum Gasteiger partial charge on any atom is -0.456 e. The third-order valence-electron chi connectivity index (χ3n) is 8.23. The van der Waals surface area contributed by atoms with Crippen LogP contribution in [0.2, 0.25) is 0 Å². The zero-order chi connectivity index (χ0) is 40.2. The first kappa shape index (κ1) is 16.2. The molecule has 1 aromatic heterocycles. The first-order chi connectivity index (χ1) is 27.3. The number of furan rings is 1. The third-order valence-corrected chi connectivity index (χ3v) is 8.23. The highest BCUT2D eigenvalue weighted by Crippen LogP contribution is 2.48. The van der Waals surface area contributed by atoms with E-state index in [4.69, 9.17) is 18.1 Å². The van der Waals surface area contributed by atoms with Crippen LogP contribution in [-0.2, 0) is 0 Å². The summed E-state index contributed by atoms with van der Waals surface area (Å²) in [6.45, 7) is 0. The van der Waals surface area contributed by atoms with Crippen LogP contribution in [0.5, 0.6) is 0 Å². The molecule has 8 aromatic carbocycles. The Morgan fingerprint density at radius 1 is 0.378 bits per heavy atom. The van der Waals surface area contributed by atoms with E-state index in [0.717, 1.165) is 33.0 Å². The fraction of sp³-hybridized carbons (Fsp3) is 0. The number of hydrogen-bond acceptors (Lipinski definition) is 1. The molecule has 0 saturated heterocycles. The normalized spacial score (nSPS) is 15.3. The quantitative estimate of drug-likeness (QED) is 0.188. The highest BCUT2D eigenvalue weighted by molar-refractivity contribution is 6.26. The first-order valence-electron chi connectivity index (χ1n) is 20.5. The maximum atomic E-state index is 9.95. The SMILES string of the molecule is [2H]c1ccc(-c2ccc(-c3c4ccccc4c(-c4c([2H])c(-c5c([2H])c([2H])c([2H])c([2H])c5[2H])c([2H])c5oc6c([2H])c([2H])c([2H])c([2H])c6c45)c4ccccc34)cc2)cc1. The monoisotopic (exact) mass is 584 g/mol. The lowest BCUT2D eigenvalue weighted by Gasteiger charge is -2.19. The van der Waals surface area contributed by atoms with Gasteiger partial charge in [0.2, 0.25) is 0 Å². The van der Waals surface area contributed by atoms with Crippen LogP contribution in [-0.4, -0.2) is 0 Å². The first-order valence-corrected chi connectivity index (χ1v) is 14.5. The summed E-state index contributed by atoms with van der Waals surface area (Å²) in [5.41, 5.74) is 3.22. The Hall–Kier alpha value is -5.92. The van der Waals surface area contributed by atoms with Crippen LogP contribution in [0.3, 0.4) is 0 Å². The lowest BCUT2D eigenvalue weighted by atomic mass is 9.84. The van der Waals surface area contributed by atoms with E-state index in [1.54, 1.807) is 12.1 Å². The molecule has 0 bridgehead atoms. The Kier molecular flexibility index (Phi) is 3.74. The molecule has 0 fully saturated rings. The molecule has 0 unspecified atom stereocenters. The van der Waals surface area contributed by atoms with Crippen LogP contribution in [0.4, 0.5) is 0 Å². The van der Waals surface area contributed by atoms with Gasteiger partial charge in [0, 0.05) is 10.8 Å². The average molecular weight is 585 g/mol. The predicted octanol–water partition coefficient (Wildman–Crippen LogP) is 12.6. The van der Waals surface area contributed by atoms with Crippen molar-refractivity contribution >= 4 is 43.5 Å². The van der Waals surface area contributed by atoms with Gasteiger partial charge in [-0.1, -0.05) is 151 Å². The molecular formula is C44H28O. The van der Waals surface area contributed by atoms with Crippen molar-refractivity contribution in [3.63, 3.8) is 0 Å². The van der Waals surface area contributed by atoms with Gasteiger partial charge in [0.15, 0.2) is 0 Å². The Morgan fingerprint density at radius 3 is 1.64 bits per heavy atom. The number of benzene rings is 8. The summed E-state index contributed by atoms with van der Waals surface area (Å²) in [5, 5.41) is 2.95. The van der Waals surface area contributed by atoms with Crippen molar-refractivity contribution in [2.24, 2.45) is 0 Å². The second kappa shape index (κ2) is 10.4. The van der Waals surface area contributed by atoms with Crippen molar-refractivity contribution in [3.05, 3.63) is 170 Å². The summed E-state index contributed by atoms with van der Waals surface area (Å²) in [7, 11) is 0. The molecule has 1 heteroatoms. The lowest BCUT2D eigenvalue weighted by molar-refractivity contribution is 0.669. The minimum atomic E-state index is -0.643. The molecule has 0 N–H and O–H groups in total. The van der Waals surface area contributed by atoms with E-state index in [0.29, 0.717) is 22.4 Å². The van der Waals surface area contributed by atoms with Crippen LogP contribution in [0.25, 0.3) is 88.0 Å². The molecule has 1 heterocycles. The molecule has 0 amide bonds. The number of para-hydroxylation sites is 1. The second-order valence-electron chi connectivity index (χ2n) is 10.7. The molecule has 0 aliphatic rings. The van der Waals surface area contributed by atoms with E-state index in [2.05, 4.69) is 0 Å². The van der Waals surface area contributed by atoms with Crippen molar-refractivity contribution in [2.45, 2.75) is 0 Å². The molecule has 0 spiro atoms. The van der Waals surface area contributed by atoms with Gasteiger partial charge in [-0.25, -0.2) is 0 Å². The molecular weight excluding hydrogens is 544 g/mol. The van der Waals surface area contributed by atoms with Gasteiger partial charge in [0.05, 0.1) is 16.4 Å². The summed E-state index contributed by atoms with van der Waals surface area (Å²) in [6, 6.07) is 25.0. The summed E-state index contributed by atoms with van der Waals surface area (Å²) in [5.74, 6) is 0. The van der Waals surface area contributed by atoms with Crippen molar-refractivity contribution in [1.29, 1.82) is 0 Å². The molecule has 210 valence electrons. The largest absolute Gasteiger partial charge is 0.456 e. The molecule has 9 aromatic rings. The summed E-state index contributed by atoms with van der Waals surface area (Å²) in [6.07, 6.45) is 0. The van der Waals surface area contributed by atoms with Gasteiger partial charge in [-0.3, -0.25) is 0 Å². The fourth-order valence-electron chi connectivity index (χ4n) is 6.28. The lowest BCUT2D eigenvalue weighted by Crippen LogP contribution is -1.92. The summed E-state index contributed by atoms with van der Waals surface area (Å²) < 4.78 is 111. The van der Waals surface area contributed by atoms with Gasteiger partial charge in [-0.05, 0) is 84.2 Å². The molecule has 45 heavy (non-hydrogen) atoms. The second-order valence-corrected chi connectivity index (χ2v) is 10.7. The molecule has 0 atom stereocenters. The maximum absolute atomic E-state index is 9.95. The van der Waals surface area contributed by atoms with Gasteiger partial charge in [0.25, 0.3) is 0 Å². The molecule has 1 nitrogen and oxygen atoms in total. The van der Waals surface area contributed by atoms with Crippen LogP contribution >= 0.6 is 0 Å². The molecule has 0 aliphatic heterocycles. The van der Waals surface area contributed by atoms with E-state index >= 15 is 0 Å². The maximum Gasteiger partial charge on any atom is 0.136 e. The standard InChI is InChI=1S/C44H28O/c1-3-13-29(14-4-1)31-23-25-32(26-24-31)42-34-17-7-9-19-36(34)43(37-20-10-8-18-35(37)42)39-27-33(30-15-5-2-6-16-30)28-41-44(39)38-21-11-12-22-40(38)45-41/h1-28H/i1D,2D,5D,6D,11D,12D,15D,16D,21D,22D,27D,28D. The highest BCUT2D eigenvalue weighted by atomic mass is 16.3. The van der Waals surface area contributed by atoms with Gasteiger partial charge >= 0.3 is 0 Å². The number of fused-ring (bicyclic) bond motifs is 5. The summed E-state index contributed by atoms with van der Waals surface area (Å²) in [4.78, 5) is 0. The van der Waals surface area contributed by atoms with Crippen LogP contribution in [0.1, 0.15) is 16.4 Å². The zero-order valence-corrected chi connectivity index (χ0v) is 23.6. The molecule has 9 rings (SSSR count). The van der Waals surface area contributed by atoms with E-state index in [1.807, 2.05) is 84.9 Å². The Labute approximate surface area is 278 Å². The van der Waals surface area contributed by atoms with Gasteiger partial charge in [-0.15, -0.1) is 0 Å². The number of hydrogen-bond donors (Lipinski definition) is 0. The molecule has 0 aliphatic carbocycles. The Bertz CT molecular complexity index is 3100.